The first-order valence-electron chi connectivity index (χ1n) is 33.7. The van der Waals surface area contributed by atoms with Crippen molar-refractivity contribution in [1.82, 2.24) is 0 Å². The van der Waals surface area contributed by atoms with Gasteiger partial charge in [0.05, 0.1) is 77.1 Å². The van der Waals surface area contributed by atoms with Crippen LogP contribution in [-0.4, -0.2) is 485 Å². The zero-order valence-electron chi connectivity index (χ0n) is 57.2. The van der Waals surface area contributed by atoms with Crippen LogP contribution >= 0.6 is 15.6 Å². The number of aliphatic hydroxyl groups is 25. The topological polar surface area (TPSA) is 904 Å². The van der Waals surface area contributed by atoms with Gasteiger partial charge in [0.25, 0.3) is 11.6 Å². The number of aliphatic carboxylic acids is 2. The van der Waals surface area contributed by atoms with E-state index >= 15 is 0 Å². The van der Waals surface area contributed by atoms with Crippen molar-refractivity contribution >= 4 is 27.6 Å². The van der Waals surface area contributed by atoms with E-state index in [1.54, 1.807) is 0 Å². The quantitative estimate of drug-likeness (QED) is 0.0271. The number of aliphatic hydroxyl groups excluding tert-OH is 25. The number of ether oxygens (including phenoxy) is 15. The van der Waals surface area contributed by atoms with E-state index in [9.17, 15) is 176 Å². The fourth-order valence-corrected chi connectivity index (χ4v) is 14.6. The summed E-state index contributed by atoms with van der Waals surface area (Å²) in [6.45, 7) is -10.8. The number of nitrogens with two attached hydrogens (primary N) is 2. The molecule has 0 amide bonds. The summed E-state index contributed by atoms with van der Waals surface area (Å²) in [5.41, 5.74) is 11.8. The average Bonchev–Trinajstić information content (AvgIpc) is 0.726. The standard InChI is InChI=1S/C55H96N2O52P2/c56-21-26(72)25(71)19(96-46(21)82)9-94-47-22(57)27(73)41(108-110(87,88)89)20(98-47)10-95-54(52(83)84)2-17(105-55(53(85)86)1-11(63)23(69)38(106-55)13(65)4-59)42(40(107-54)15(67)6-61)102-51-35(81)44(45(109-111(90,91)92)39(101-51)14(66)5-60)104-50-34(80)43(103-49-32(78)28(74)24(70)18(7-62)97-49)33(79)37(100-50)16(68)8-93-48-31(77)29(75)30(76)36(99-48)12(64)3-58/h11-51,58-82H,1-10,56-57H2,(H,83,84)(H,85,86)(H2,87,88,89)(H2,90,91,92)/t11-,12+,13-,14+,15-,16+,17-,18-,19-,20-,21-,22-,23-,24-,25-,26-,27-,28+,29+,30+,31+,32-,33-,34+,35+,36-,37-,38-,39-,40-,41-,42-,43+,44-,45-,46+,47-,48+,49-,50-,51-,54-,55-/m1/s1. The second kappa shape index (κ2) is 38.7. The summed E-state index contributed by atoms with van der Waals surface area (Å²) >= 11 is 0. The lowest BCUT2D eigenvalue weighted by atomic mass is 9.89. The predicted octanol–water partition coefficient (Wildman–Crippen LogP) is -20.5. The number of phosphoric acid groups is 2. The zero-order chi connectivity index (χ0) is 82.9. The second-order valence-electron chi connectivity index (χ2n) is 27.2. The molecule has 0 radical (unpaired) electrons. The molecule has 43 atom stereocenters. The van der Waals surface area contributed by atoms with Gasteiger partial charge in [-0.15, -0.1) is 0 Å². The van der Waals surface area contributed by atoms with Crippen LogP contribution in [0.1, 0.15) is 12.8 Å². The van der Waals surface area contributed by atoms with Gasteiger partial charge in [-0.1, -0.05) is 0 Å². The van der Waals surface area contributed by atoms with Crippen molar-refractivity contribution in [2.45, 2.75) is 276 Å². The van der Waals surface area contributed by atoms with E-state index in [1.807, 2.05) is 0 Å². The van der Waals surface area contributed by atoms with E-state index in [4.69, 9.17) is 91.6 Å². The molecule has 8 rings (SSSR count). The summed E-state index contributed by atoms with van der Waals surface area (Å²) in [5, 5.41) is 295. The number of hydrogen-bond acceptors (Lipinski definition) is 48. The Labute approximate surface area is 622 Å². The van der Waals surface area contributed by atoms with Crippen LogP contribution in [-0.2, 0) is 98.8 Å². The Balaban J connectivity index is 1.21. The monoisotopic (exact) mass is 1680 g/mol. The highest BCUT2D eigenvalue weighted by molar-refractivity contribution is 7.46. The van der Waals surface area contributed by atoms with Crippen LogP contribution in [0.3, 0.4) is 0 Å². The van der Waals surface area contributed by atoms with E-state index in [2.05, 4.69) is 0 Å². The third-order valence-corrected chi connectivity index (χ3v) is 20.5. The number of carbonyl (C=O) groups is 2. The van der Waals surface area contributed by atoms with Crippen molar-refractivity contribution in [3.05, 3.63) is 0 Å². The SMILES string of the molecule is N[C@@H]1[C@@H](O)[C@H](O)[C@@H](CO[C@@H]2O[C@H](CO[C@]3(C(=O)O)C[C@@H](O[C@]4(C(=O)O)C[C@@H](O)[C@@H](O)[C@@H]([C@H](O)CO)O4)[C@@H](O[C@H]4O[C@H]([C@@H](O)CO)[C@@H](OP(=O)(O)O)[C@H](O[C@H]5O[C@H]([C@@H](O)CO[C@H]6O[C@H]([C@@H](O)CO)[C@@H](O)[C@H](O)[C@@H]6O)[C@@H](O)[C@H](O[C@H]6O[C@H](CO)[C@@H](O)[C@H](O)[C@H]6O)[C@@H]5O)[C@@H]4O)[C@@H]([C@H](O)CO)O3)[C@@H](OP(=O)(O)O)[C@H](O)[C@H]2N)O[C@@H]1O. The maximum Gasteiger partial charge on any atom is 0.470 e. The zero-order valence-corrected chi connectivity index (χ0v) is 59.0. The van der Waals surface area contributed by atoms with E-state index in [0.29, 0.717) is 0 Å². The Morgan fingerprint density at radius 2 is 0.874 bits per heavy atom. The third-order valence-electron chi connectivity index (χ3n) is 19.5. The van der Waals surface area contributed by atoms with Crippen LogP contribution in [0, 0.1) is 0 Å². The predicted molar refractivity (Wildman–Crippen MR) is 331 cm³/mol. The summed E-state index contributed by atoms with van der Waals surface area (Å²) in [6.07, 6.45) is -98.1. The second-order valence-corrected chi connectivity index (χ2v) is 29.5. The van der Waals surface area contributed by atoms with Crippen LogP contribution in [0.15, 0.2) is 0 Å². The molecule has 8 aliphatic rings. The molecule has 0 saturated carbocycles. The summed E-state index contributed by atoms with van der Waals surface area (Å²) < 4.78 is 120. The van der Waals surface area contributed by atoms with Gasteiger partial charge in [-0.2, -0.15) is 0 Å². The molecule has 648 valence electrons. The minimum atomic E-state index is -6.20. The molecule has 0 aromatic carbocycles. The molecule has 0 aromatic heterocycles. The van der Waals surface area contributed by atoms with Gasteiger partial charge in [0.15, 0.2) is 37.7 Å². The van der Waals surface area contributed by atoms with E-state index < -0.39 is 356 Å². The fraction of sp³-hybridized carbons (Fsp3) is 0.964. The molecule has 111 heavy (non-hydrogen) atoms. The van der Waals surface area contributed by atoms with Gasteiger partial charge in [-0.05, 0) is 0 Å². The molecular weight excluding hydrogens is 1580 g/mol. The lowest BCUT2D eigenvalue weighted by Gasteiger charge is -2.53. The van der Waals surface area contributed by atoms with Gasteiger partial charge in [0, 0.05) is 12.8 Å². The first-order valence-corrected chi connectivity index (χ1v) is 36.7. The summed E-state index contributed by atoms with van der Waals surface area (Å²) in [7, 11) is -12.1. The van der Waals surface area contributed by atoms with Crippen molar-refractivity contribution in [3.63, 3.8) is 0 Å². The lowest BCUT2D eigenvalue weighted by molar-refractivity contribution is -0.408. The number of carboxylic acids is 2. The van der Waals surface area contributed by atoms with Crippen molar-refractivity contribution < 1.29 is 256 Å². The average molecular weight is 1680 g/mol. The Bertz CT molecular complexity index is 3050. The van der Waals surface area contributed by atoms with Crippen LogP contribution in [0.25, 0.3) is 0 Å². The molecule has 8 saturated heterocycles. The fourth-order valence-electron chi connectivity index (χ4n) is 13.4. The summed E-state index contributed by atoms with van der Waals surface area (Å²) in [4.78, 5) is 68.6. The lowest BCUT2D eigenvalue weighted by Crippen LogP contribution is -2.71. The van der Waals surface area contributed by atoms with Crippen molar-refractivity contribution in [2.24, 2.45) is 11.5 Å². The van der Waals surface area contributed by atoms with Gasteiger partial charge in [0.1, 0.15) is 189 Å². The number of carboxylic acid groups (broad SMARTS) is 2. The molecule has 8 aliphatic heterocycles. The smallest absolute Gasteiger partial charge is 0.470 e. The van der Waals surface area contributed by atoms with Gasteiger partial charge in [-0.3, -0.25) is 9.05 Å². The maximum absolute atomic E-state index is 14.1. The number of rotatable bonds is 33. The Morgan fingerprint density at radius 3 is 1.45 bits per heavy atom. The van der Waals surface area contributed by atoms with E-state index in [-0.39, 0.29) is 0 Å². The molecule has 8 heterocycles. The Morgan fingerprint density at radius 1 is 0.405 bits per heavy atom. The molecular formula is C55H96N2O52P2. The molecule has 35 N–H and O–H groups in total. The van der Waals surface area contributed by atoms with Crippen LogP contribution < -0.4 is 11.5 Å². The third kappa shape index (κ3) is 21.0. The first-order chi connectivity index (χ1) is 51.7. The van der Waals surface area contributed by atoms with Gasteiger partial charge < -0.3 is 240 Å². The van der Waals surface area contributed by atoms with Crippen LogP contribution in [0.2, 0.25) is 0 Å². The molecule has 8 fully saturated rings. The molecule has 0 aliphatic carbocycles. The molecule has 0 unspecified atom stereocenters. The molecule has 0 bridgehead atoms. The van der Waals surface area contributed by atoms with Gasteiger partial charge in [0.2, 0.25) is 0 Å². The van der Waals surface area contributed by atoms with Gasteiger partial charge in [-0.25, -0.2) is 18.7 Å². The highest BCUT2D eigenvalue weighted by atomic mass is 31.2. The summed E-state index contributed by atoms with van der Waals surface area (Å²) in [6, 6.07) is -3.57. The highest BCUT2D eigenvalue weighted by Gasteiger charge is 2.65. The van der Waals surface area contributed by atoms with Crippen LogP contribution in [0.5, 0.6) is 0 Å². The number of phosphoric ester groups is 2. The maximum atomic E-state index is 14.1. The minimum Gasteiger partial charge on any atom is -0.477 e. The molecule has 0 aromatic rings. The molecule has 56 heteroatoms. The number of hydrogen-bond donors (Lipinski definition) is 33. The van der Waals surface area contributed by atoms with E-state index in [0.717, 1.165) is 0 Å². The van der Waals surface area contributed by atoms with Crippen molar-refractivity contribution in [3.8, 4) is 0 Å². The Kier molecular flexibility index (Phi) is 32.8. The largest absolute Gasteiger partial charge is 0.477 e. The molecule has 0 spiro atoms. The van der Waals surface area contributed by atoms with Crippen molar-refractivity contribution in [2.75, 3.05) is 52.9 Å². The summed E-state index contributed by atoms with van der Waals surface area (Å²) in [5.74, 6) is -12.3. The molecule has 54 nitrogen and oxygen atoms in total. The first kappa shape index (κ1) is 94.0. The van der Waals surface area contributed by atoms with Crippen LogP contribution in [0.4, 0.5) is 0 Å². The van der Waals surface area contributed by atoms with Crippen molar-refractivity contribution in [1.29, 1.82) is 0 Å². The Hall–Kier alpha value is -2.52. The minimum absolute atomic E-state index is 0.953. The normalized spacial score (nSPS) is 47.1. The van der Waals surface area contributed by atoms with E-state index in [1.165, 1.54) is 0 Å². The highest BCUT2D eigenvalue weighted by Crippen LogP contribution is 2.48. The van der Waals surface area contributed by atoms with Gasteiger partial charge >= 0.3 is 27.6 Å².